The molecule has 136 valence electrons. The zero-order chi connectivity index (χ0) is 18.3. The largest absolute Gasteiger partial charge is 0.335 e. The van der Waals surface area contributed by atoms with Gasteiger partial charge in [0.05, 0.1) is 23.2 Å². The molecular formula is C16H16N4O3S3. The second-order valence-corrected chi connectivity index (χ2v) is 10.4. The maximum Gasteiger partial charge on any atom is 0.257 e. The zero-order valence-corrected chi connectivity index (χ0v) is 16.2. The molecule has 0 bridgehead atoms. The van der Waals surface area contributed by atoms with E-state index >= 15 is 0 Å². The summed E-state index contributed by atoms with van der Waals surface area (Å²) in [6, 6.07) is 6.90. The van der Waals surface area contributed by atoms with Gasteiger partial charge in [-0.3, -0.25) is 15.1 Å². The van der Waals surface area contributed by atoms with Crippen molar-refractivity contribution in [1.82, 2.24) is 4.98 Å². The van der Waals surface area contributed by atoms with Crippen LogP contribution < -0.4 is 10.6 Å². The molecule has 0 spiro atoms. The highest BCUT2D eigenvalue weighted by Crippen LogP contribution is 2.34. The van der Waals surface area contributed by atoms with E-state index in [-0.39, 0.29) is 28.7 Å². The topological polar surface area (TPSA) is 101 Å². The molecule has 10 heteroatoms. The minimum Gasteiger partial charge on any atom is -0.335 e. The van der Waals surface area contributed by atoms with Gasteiger partial charge in [-0.1, -0.05) is 11.8 Å². The van der Waals surface area contributed by atoms with Crippen LogP contribution in [0, 0.1) is 6.92 Å². The van der Waals surface area contributed by atoms with E-state index in [1.165, 1.54) is 23.1 Å². The van der Waals surface area contributed by atoms with Gasteiger partial charge in [0.2, 0.25) is 0 Å². The van der Waals surface area contributed by atoms with Crippen LogP contribution in [0.15, 0.2) is 34.6 Å². The third kappa shape index (κ3) is 3.76. The highest BCUT2D eigenvalue weighted by Gasteiger charge is 2.42. The average molecular weight is 409 g/mol. The van der Waals surface area contributed by atoms with Crippen molar-refractivity contribution in [2.75, 3.05) is 22.1 Å². The Hall–Kier alpha value is -1.91. The van der Waals surface area contributed by atoms with Gasteiger partial charge in [0, 0.05) is 21.9 Å². The van der Waals surface area contributed by atoms with E-state index in [1.54, 1.807) is 24.3 Å². The maximum absolute atomic E-state index is 12.2. The molecular weight excluding hydrogens is 392 g/mol. The minimum absolute atomic E-state index is 0.00861. The van der Waals surface area contributed by atoms with E-state index in [0.717, 1.165) is 16.5 Å². The van der Waals surface area contributed by atoms with Crippen LogP contribution in [0.1, 0.15) is 16.1 Å². The Morgan fingerprint density at radius 3 is 2.65 bits per heavy atom. The quantitative estimate of drug-likeness (QED) is 0.809. The van der Waals surface area contributed by atoms with Crippen LogP contribution in [0.4, 0.5) is 10.8 Å². The van der Waals surface area contributed by atoms with Gasteiger partial charge >= 0.3 is 0 Å². The van der Waals surface area contributed by atoms with Gasteiger partial charge in [-0.2, -0.15) is 0 Å². The van der Waals surface area contributed by atoms with Crippen LogP contribution in [0.3, 0.4) is 0 Å². The van der Waals surface area contributed by atoms with Crippen molar-refractivity contribution >= 4 is 54.8 Å². The molecule has 0 saturated carbocycles. The highest BCUT2D eigenvalue weighted by molar-refractivity contribution is 8.15. The smallest absolute Gasteiger partial charge is 0.257 e. The number of hydrogen-bond acceptors (Lipinski definition) is 8. The van der Waals surface area contributed by atoms with E-state index in [2.05, 4.69) is 20.6 Å². The van der Waals surface area contributed by atoms with E-state index in [9.17, 15) is 13.2 Å². The third-order valence-electron chi connectivity index (χ3n) is 4.06. The Balaban J connectivity index is 1.38. The summed E-state index contributed by atoms with van der Waals surface area (Å²) in [4.78, 5) is 20.9. The van der Waals surface area contributed by atoms with Crippen molar-refractivity contribution < 1.29 is 13.2 Å². The first-order valence-electron chi connectivity index (χ1n) is 7.93. The molecule has 1 aromatic heterocycles. The molecule has 7 nitrogen and oxygen atoms in total. The number of nitrogens with one attached hydrogen (secondary N) is 2. The second-order valence-electron chi connectivity index (χ2n) is 6.19. The molecule has 1 saturated heterocycles. The number of hydrogen-bond donors (Lipinski definition) is 2. The lowest BCUT2D eigenvalue weighted by Gasteiger charge is -2.08. The lowest BCUT2D eigenvalue weighted by atomic mass is 10.2. The SMILES string of the molecule is Cc1csc(NC(=O)c2ccc(NC3=NC4CS(=O)(=O)CC4S3)cc2)n1. The fourth-order valence-corrected chi connectivity index (χ4v) is 7.18. The zero-order valence-electron chi connectivity index (χ0n) is 13.8. The summed E-state index contributed by atoms with van der Waals surface area (Å²) in [7, 11) is -2.95. The highest BCUT2D eigenvalue weighted by atomic mass is 32.2. The molecule has 2 aromatic rings. The number of benzene rings is 1. The van der Waals surface area contributed by atoms with Crippen molar-refractivity contribution in [3.63, 3.8) is 0 Å². The fraction of sp³-hybridized carbons (Fsp3) is 0.312. The lowest BCUT2D eigenvalue weighted by molar-refractivity contribution is 0.102. The number of nitrogens with zero attached hydrogens (tertiary/aromatic N) is 2. The number of anilines is 2. The predicted octanol–water partition coefficient (Wildman–Crippen LogP) is 2.38. The molecule has 1 amide bonds. The Morgan fingerprint density at radius 2 is 2.00 bits per heavy atom. The number of amides is 1. The van der Waals surface area contributed by atoms with Gasteiger partial charge in [-0.15, -0.1) is 11.3 Å². The summed E-state index contributed by atoms with van der Waals surface area (Å²) in [6.07, 6.45) is 0. The molecule has 2 atom stereocenters. The number of amidine groups is 1. The molecule has 2 N–H and O–H groups in total. The van der Waals surface area contributed by atoms with Gasteiger partial charge in [-0.25, -0.2) is 13.4 Å². The van der Waals surface area contributed by atoms with Crippen molar-refractivity contribution in [2.45, 2.75) is 18.2 Å². The summed E-state index contributed by atoms with van der Waals surface area (Å²) in [6.45, 7) is 1.87. The van der Waals surface area contributed by atoms with Crippen LogP contribution in [-0.2, 0) is 9.84 Å². The molecule has 0 radical (unpaired) electrons. The molecule has 0 aliphatic carbocycles. The first-order valence-corrected chi connectivity index (χ1v) is 11.5. The first-order chi connectivity index (χ1) is 12.4. The molecule has 3 heterocycles. The monoisotopic (exact) mass is 408 g/mol. The Morgan fingerprint density at radius 1 is 1.23 bits per heavy atom. The summed E-state index contributed by atoms with van der Waals surface area (Å²) < 4.78 is 23.2. The maximum atomic E-state index is 12.2. The van der Waals surface area contributed by atoms with Crippen LogP contribution in [-0.4, -0.2) is 47.3 Å². The van der Waals surface area contributed by atoms with Crippen LogP contribution in [0.2, 0.25) is 0 Å². The third-order valence-corrected chi connectivity index (χ3v) is 8.07. The number of aryl methyl sites for hydroxylation is 1. The number of thiazole rings is 1. The fourth-order valence-electron chi connectivity index (χ4n) is 2.83. The number of carbonyl (C=O) groups is 1. The normalized spacial score (nSPS) is 23.3. The van der Waals surface area contributed by atoms with Gasteiger partial charge in [0.25, 0.3) is 5.91 Å². The Kier molecular flexibility index (Phi) is 4.49. The average Bonchev–Trinajstić information content (AvgIpc) is 3.20. The summed E-state index contributed by atoms with van der Waals surface area (Å²) in [5.74, 6) is 0.107. The number of thioether (sulfide) groups is 1. The number of sulfone groups is 1. The van der Waals surface area contributed by atoms with E-state index < -0.39 is 9.84 Å². The number of aliphatic imine (C=N–C) groups is 1. The lowest BCUT2D eigenvalue weighted by Crippen LogP contribution is -2.13. The molecule has 1 fully saturated rings. The molecule has 2 aliphatic heterocycles. The van der Waals surface area contributed by atoms with Crippen LogP contribution >= 0.6 is 23.1 Å². The van der Waals surface area contributed by atoms with Gasteiger partial charge in [0.1, 0.15) is 0 Å². The van der Waals surface area contributed by atoms with Crippen molar-refractivity contribution in [2.24, 2.45) is 4.99 Å². The molecule has 4 rings (SSSR count). The molecule has 1 aromatic carbocycles. The summed E-state index contributed by atoms with van der Waals surface area (Å²) in [5.41, 5.74) is 2.21. The number of carbonyl (C=O) groups excluding carboxylic acids is 1. The van der Waals surface area contributed by atoms with Crippen molar-refractivity contribution in [3.05, 3.63) is 40.9 Å². The molecule has 2 aliphatic rings. The first kappa shape index (κ1) is 17.5. The molecule has 26 heavy (non-hydrogen) atoms. The van der Waals surface area contributed by atoms with E-state index in [1.807, 2.05) is 12.3 Å². The van der Waals surface area contributed by atoms with Crippen molar-refractivity contribution in [1.29, 1.82) is 0 Å². The van der Waals surface area contributed by atoms with Crippen LogP contribution in [0.25, 0.3) is 0 Å². The standard InChI is InChI=1S/C16H16N4O3S3/c1-9-6-24-15(17-9)20-14(21)10-2-4-11(5-3-10)18-16-19-12-7-26(22,23)8-13(12)25-16/h2-6,12-13H,7-8H2,1H3,(H,18,19)(H,17,20,21). The minimum atomic E-state index is -2.95. The summed E-state index contributed by atoms with van der Waals surface area (Å²) >= 11 is 2.85. The van der Waals surface area contributed by atoms with E-state index in [0.29, 0.717) is 10.7 Å². The van der Waals surface area contributed by atoms with Crippen LogP contribution in [0.5, 0.6) is 0 Å². The Bertz CT molecular complexity index is 982. The Labute approximate surface area is 159 Å². The summed E-state index contributed by atoms with van der Waals surface area (Å²) in [5, 5.41) is 9.15. The second kappa shape index (κ2) is 6.67. The van der Waals surface area contributed by atoms with Crippen molar-refractivity contribution in [3.8, 4) is 0 Å². The van der Waals surface area contributed by atoms with Gasteiger partial charge in [0.15, 0.2) is 20.1 Å². The van der Waals surface area contributed by atoms with Gasteiger partial charge in [-0.05, 0) is 31.2 Å². The number of rotatable bonds is 3. The van der Waals surface area contributed by atoms with Gasteiger partial charge < -0.3 is 5.32 Å². The van der Waals surface area contributed by atoms with E-state index in [4.69, 9.17) is 0 Å². The molecule has 2 unspecified atom stereocenters. The predicted molar refractivity (Wildman–Crippen MR) is 106 cm³/mol. The number of fused-ring (bicyclic) bond motifs is 1. The number of aromatic nitrogens is 1.